The Morgan fingerprint density at radius 1 is 0.306 bits per heavy atom. The second-order valence-electron chi connectivity index (χ2n) is 22.2. The van der Waals surface area contributed by atoms with Crippen LogP contribution < -0.4 is 29.5 Å². The van der Waals surface area contributed by atoms with E-state index >= 15 is 0 Å². The molecule has 12 bridgehead atoms. The van der Waals surface area contributed by atoms with Crippen molar-refractivity contribution in [3.05, 3.63) is 176 Å². The molecule has 4 aliphatic heterocycles. The molecule has 0 unspecified atom stereocenters. The second-order valence-corrected chi connectivity index (χ2v) is 22.2. The Morgan fingerprint density at radius 3 is 0.677 bits per heavy atom. The Kier molecular flexibility index (Phi) is 10.3. The standard InChI is InChI=1S/C56H62B2O4/c1-53(2,3)43-27-35-23-36-28-44(54(4,5)6)33-41-26-42-34-46(56(10,11)12)30-38-24-37-29-45(55(7,8)9)32-40(51(37)61-58(62-52(38)42)48-21-17-14-18-22-48)25-39(31-43)49(35)59-57(60-50(36)41)47-19-15-13-16-20-47/h13-22,27-34H,23-26H2,1-12H3. The summed E-state index contributed by atoms with van der Waals surface area (Å²) < 4.78 is 29.5. The maximum atomic E-state index is 7.37. The lowest BCUT2D eigenvalue weighted by atomic mass is 9.74. The third-order valence-corrected chi connectivity index (χ3v) is 13.0. The van der Waals surface area contributed by atoms with Gasteiger partial charge in [-0.15, -0.1) is 0 Å². The smallest absolute Gasteiger partial charge is 0.522 e. The number of hydrogen-bond donors (Lipinski definition) is 0. The maximum absolute atomic E-state index is 7.37. The van der Waals surface area contributed by atoms with Crippen molar-refractivity contribution in [3.63, 3.8) is 0 Å². The van der Waals surface area contributed by atoms with E-state index < -0.39 is 14.2 Å². The SMILES string of the molecule is CC(C)(C)c1cc2c3c(c1)Cc1cc(C(C)(C)C)cc4c1OB(c1ccccc1)Oc1c(cc(C(C)(C)C)cc1Cc1cc(C(C)(C)C)cc(c1OB(c1ccccc1)O3)C2)C4. The van der Waals surface area contributed by atoms with Gasteiger partial charge in [0.15, 0.2) is 0 Å². The van der Waals surface area contributed by atoms with E-state index in [0.29, 0.717) is 25.7 Å². The van der Waals surface area contributed by atoms with E-state index in [4.69, 9.17) is 18.6 Å². The molecule has 5 aliphatic rings. The van der Waals surface area contributed by atoms with Crippen LogP contribution in [-0.4, -0.2) is 14.2 Å². The molecule has 4 nitrogen and oxygen atoms in total. The molecule has 0 spiro atoms. The lowest BCUT2D eigenvalue weighted by molar-refractivity contribution is 0.416. The molecule has 0 atom stereocenters. The van der Waals surface area contributed by atoms with Crippen LogP contribution in [0.1, 0.15) is 150 Å². The Morgan fingerprint density at radius 2 is 0.500 bits per heavy atom. The fraction of sp³-hybridized carbons (Fsp3) is 0.357. The van der Waals surface area contributed by atoms with Crippen molar-refractivity contribution in [2.24, 2.45) is 0 Å². The molecular weight excluding hydrogens is 758 g/mol. The molecule has 0 saturated carbocycles. The Hall–Kier alpha value is -5.35. The van der Waals surface area contributed by atoms with E-state index in [1.807, 2.05) is 0 Å². The van der Waals surface area contributed by atoms with Gasteiger partial charge in [0.05, 0.1) is 0 Å². The number of fused-ring (bicyclic) bond motifs is 4. The third-order valence-electron chi connectivity index (χ3n) is 13.0. The fourth-order valence-corrected chi connectivity index (χ4v) is 9.20. The minimum absolute atomic E-state index is 0.113. The summed E-state index contributed by atoms with van der Waals surface area (Å²) in [7, 11) is -1.37. The van der Waals surface area contributed by atoms with Crippen molar-refractivity contribution in [2.75, 3.05) is 0 Å². The molecule has 1 aliphatic carbocycles. The molecular formula is C56H62B2O4. The van der Waals surface area contributed by atoms with E-state index in [1.54, 1.807) is 0 Å². The predicted octanol–water partition coefficient (Wildman–Crippen LogP) is 11.9. The van der Waals surface area contributed by atoms with Crippen LogP contribution in [-0.2, 0) is 47.3 Å². The molecule has 0 amide bonds. The van der Waals surface area contributed by atoms with Crippen LogP contribution >= 0.6 is 0 Å². The highest BCUT2D eigenvalue weighted by atomic mass is 16.6. The summed E-state index contributed by atoms with van der Waals surface area (Å²) in [5.74, 6) is 3.52. The normalized spacial score (nSPS) is 15.0. The molecule has 62 heavy (non-hydrogen) atoms. The molecule has 0 aromatic heterocycles. The van der Waals surface area contributed by atoms with Crippen molar-refractivity contribution in [2.45, 2.75) is 130 Å². The molecule has 6 aromatic carbocycles. The lowest BCUT2D eigenvalue weighted by Gasteiger charge is -2.33. The minimum atomic E-state index is -0.685. The first-order valence-corrected chi connectivity index (χ1v) is 22.6. The van der Waals surface area contributed by atoms with Gasteiger partial charge in [0.25, 0.3) is 0 Å². The summed E-state index contributed by atoms with van der Waals surface area (Å²) in [5.41, 5.74) is 15.8. The Balaban J connectivity index is 1.44. The van der Waals surface area contributed by atoms with Gasteiger partial charge in [0.2, 0.25) is 0 Å². The summed E-state index contributed by atoms with van der Waals surface area (Å²) >= 11 is 0. The highest BCUT2D eigenvalue weighted by Gasteiger charge is 2.38. The van der Waals surface area contributed by atoms with Crippen LogP contribution in [0.2, 0.25) is 0 Å². The predicted molar refractivity (Wildman–Crippen MR) is 258 cm³/mol. The molecule has 0 saturated heterocycles. The average Bonchev–Trinajstić information content (AvgIpc) is 3.17. The lowest BCUT2D eigenvalue weighted by Crippen LogP contribution is -2.44. The highest BCUT2D eigenvalue weighted by molar-refractivity contribution is 6.63. The van der Waals surface area contributed by atoms with Gasteiger partial charge in [0.1, 0.15) is 23.0 Å². The van der Waals surface area contributed by atoms with Crippen molar-refractivity contribution in [3.8, 4) is 23.0 Å². The summed E-state index contributed by atoms with van der Waals surface area (Å²) in [4.78, 5) is 0. The summed E-state index contributed by atoms with van der Waals surface area (Å²) in [5, 5.41) is 0. The molecule has 6 aromatic rings. The van der Waals surface area contributed by atoms with Gasteiger partial charge < -0.3 is 18.6 Å². The summed E-state index contributed by atoms with van der Waals surface area (Å²) in [6.07, 6.45) is 2.54. The Bertz CT molecular complexity index is 2340. The highest BCUT2D eigenvalue weighted by Crippen LogP contribution is 2.46. The summed E-state index contributed by atoms with van der Waals surface area (Å²) in [6, 6.07) is 40.0. The zero-order chi connectivity index (χ0) is 43.9. The van der Waals surface area contributed by atoms with Gasteiger partial charge in [-0.25, -0.2) is 0 Å². The van der Waals surface area contributed by atoms with Crippen molar-refractivity contribution >= 4 is 25.2 Å². The molecule has 0 fully saturated rings. The Labute approximate surface area is 371 Å². The van der Waals surface area contributed by atoms with E-state index in [9.17, 15) is 0 Å². The monoisotopic (exact) mass is 820 g/mol. The van der Waals surface area contributed by atoms with E-state index in [0.717, 1.165) is 56.2 Å². The van der Waals surface area contributed by atoms with Crippen molar-refractivity contribution in [1.82, 2.24) is 0 Å². The van der Waals surface area contributed by atoms with Crippen LogP contribution in [0.4, 0.5) is 0 Å². The number of rotatable bonds is 2. The maximum Gasteiger partial charge on any atom is 0.632 e. The van der Waals surface area contributed by atoms with Crippen LogP contribution in [0.5, 0.6) is 23.0 Å². The minimum Gasteiger partial charge on any atom is -0.522 e. The van der Waals surface area contributed by atoms with E-state index in [2.05, 4.69) is 192 Å². The largest absolute Gasteiger partial charge is 0.632 e. The topological polar surface area (TPSA) is 36.9 Å². The van der Waals surface area contributed by atoms with Crippen LogP contribution in [0.15, 0.2) is 109 Å². The first kappa shape index (κ1) is 42.0. The molecule has 0 N–H and O–H groups in total. The van der Waals surface area contributed by atoms with E-state index in [1.165, 1.54) is 44.5 Å². The average molecular weight is 821 g/mol. The van der Waals surface area contributed by atoms with Gasteiger partial charge in [-0.3, -0.25) is 0 Å². The zero-order valence-corrected chi connectivity index (χ0v) is 39.0. The van der Waals surface area contributed by atoms with E-state index in [-0.39, 0.29) is 21.7 Å². The molecule has 11 rings (SSSR count). The second kappa shape index (κ2) is 15.2. The van der Waals surface area contributed by atoms with Crippen molar-refractivity contribution < 1.29 is 18.6 Å². The van der Waals surface area contributed by atoms with Crippen LogP contribution in [0, 0.1) is 0 Å². The quantitative estimate of drug-likeness (QED) is 0.163. The van der Waals surface area contributed by atoms with Gasteiger partial charge in [-0.1, -0.05) is 192 Å². The van der Waals surface area contributed by atoms with Crippen molar-refractivity contribution in [1.29, 1.82) is 0 Å². The zero-order valence-electron chi connectivity index (χ0n) is 39.0. The molecule has 316 valence electrons. The van der Waals surface area contributed by atoms with Gasteiger partial charge in [0, 0.05) is 36.6 Å². The summed E-state index contributed by atoms with van der Waals surface area (Å²) in [6.45, 7) is 27.7. The first-order valence-electron chi connectivity index (χ1n) is 22.6. The number of benzene rings is 6. The third kappa shape index (κ3) is 8.18. The first-order chi connectivity index (χ1) is 29.2. The van der Waals surface area contributed by atoms with Gasteiger partial charge >= 0.3 is 14.2 Å². The fourth-order valence-electron chi connectivity index (χ4n) is 9.20. The molecule has 4 heterocycles. The van der Waals surface area contributed by atoms with Gasteiger partial charge in [-0.2, -0.15) is 0 Å². The van der Waals surface area contributed by atoms with Crippen LogP contribution in [0.3, 0.4) is 0 Å². The van der Waals surface area contributed by atoms with Crippen LogP contribution in [0.25, 0.3) is 0 Å². The van der Waals surface area contributed by atoms with Gasteiger partial charge in [-0.05, 0) is 88.4 Å². The molecule has 6 heteroatoms. The molecule has 0 radical (unpaired) electrons. The number of hydrogen-bond acceptors (Lipinski definition) is 4.